The van der Waals surface area contributed by atoms with Gasteiger partial charge in [0.05, 0.1) is 10.6 Å². The van der Waals surface area contributed by atoms with Gasteiger partial charge in [-0.2, -0.15) is 0 Å². The monoisotopic (exact) mass is 321 g/mol. The fraction of sp³-hybridized carbons (Fsp3) is 0.286. The molecule has 1 unspecified atom stereocenters. The first-order valence-corrected chi connectivity index (χ1v) is 6.97. The zero-order valence-corrected chi connectivity index (χ0v) is 12.5. The van der Waals surface area contributed by atoms with E-state index in [1.165, 1.54) is 6.33 Å². The van der Waals surface area contributed by atoms with Gasteiger partial charge in [-0.3, -0.25) is 0 Å². The van der Waals surface area contributed by atoms with Crippen LogP contribution in [-0.2, 0) is 0 Å². The molecule has 100 valence electrons. The van der Waals surface area contributed by atoms with Gasteiger partial charge >= 0.3 is 0 Å². The second kappa shape index (κ2) is 6.52. The molecule has 1 heterocycles. The zero-order chi connectivity index (χ0) is 13.7. The first-order chi connectivity index (χ1) is 9.19. The van der Waals surface area contributed by atoms with Gasteiger partial charge in [-0.1, -0.05) is 13.0 Å². The molecule has 0 fully saturated rings. The lowest BCUT2D eigenvalue weighted by molar-refractivity contribution is 0.217. The zero-order valence-electron chi connectivity index (χ0n) is 10.9. The van der Waals surface area contributed by atoms with Crippen molar-refractivity contribution < 1.29 is 4.74 Å². The molecule has 0 aliphatic rings. The van der Waals surface area contributed by atoms with E-state index in [0.717, 1.165) is 28.1 Å². The lowest BCUT2D eigenvalue weighted by Crippen LogP contribution is -2.09. The van der Waals surface area contributed by atoms with Crippen molar-refractivity contribution >= 4 is 27.4 Å². The summed E-state index contributed by atoms with van der Waals surface area (Å²) in [6.45, 7) is 4.16. The average Bonchev–Trinajstić information content (AvgIpc) is 2.42. The van der Waals surface area contributed by atoms with E-state index >= 15 is 0 Å². The third kappa shape index (κ3) is 3.92. The van der Waals surface area contributed by atoms with Crippen LogP contribution in [0.25, 0.3) is 0 Å². The highest BCUT2D eigenvalue weighted by Crippen LogP contribution is 2.25. The van der Waals surface area contributed by atoms with Crippen LogP contribution in [0.15, 0.2) is 41.3 Å². The molecule has 0 aliphatic carbocycles. The number of nitrogens with zero attached hydrogens (tertiary/aromatic N) is 2. The molecule has 1 atom stereocenters. The van der Waals surface area contributed by atoms with Crippen LogP contribution in [0.2, 0.25) is 0 Å². The van der Waals surface area contributed by atoms with E-state index in [1.54, 1.807) is 6.20 Å². The number of anilines is 2. The standard InChI is InChI=1S/C14H16BrN3O/c1-3-10(2)19-12-6-4-5-11(7-12)18-14-13(15)8-16-9-17-14/h4-10H,3H2,1-2H3,(H,16,17,18). The van der Waals surface area contributed by atoms with Gasteiger partial charge in [0.15, 0.2) is 0 Å². The highest BCUT2D eigenvalue weighted by molar-refractivity contribution is 9.10. The minimum atomic E-state index is 0.209. The largest absolute Gasteiger partial charge is 0.491 e. The number of ether oxygens (including phenoxy) is 1. The fourth-order valence-corrected chi connectivity index (χ4v) is 1.82. The summed E-state index contributed by atoms with van der Waals surface area (Å²) in [6, 6.07) is 7.83. The Hall–Kier alpha value is -1.62. The van der Waals surface area contributed by atoms with Crippen molar-refractivity contribution in [3.63, 3.8) is 0 Å². The molecule has 0 bridgehead atoms. The highest BCUT2D eigenvalue weighted by Gasteiger charge is 2.04. The third-order valence-electron chi connectivity index (χ3n) is 2.68. The van der Waals surface area contributed by atoms with Crippen molar-refractivity contribution in [2.24, 2.45) is 0 Å². The van der Waals surface area contributed by atoms with Crippen molar-refractivity contribution in [3.05, 3.63) is 41.3 Å². The normalized spacial score (nSPS) is 11.9. The van der Waals surface area contributed by atoms with E-state index in [9.17, 15) is 0 Å². The van der Waals surface area contributed by atoms with Gasteiger partial charge in [0, 0.05) is 18.0 Å². The molecule has 19 heavy (non-hydrogen) atoms. The molecule has 1 aromatic carbocycles. The number of rotatable bonds is 5. The van der Waals surface area contributed by atoms with Gasteiger partial charge in [0.2, 0.25) is 0 Å². The number of halogens is 1. The maximum absolute atomic E-state index is 5.79. The predicted molar refractivity (Wildman–Crippen MR) is 79.8 cm³/mol. The molecule has 2 rings (SSSR count). The van der Waals surface area contributed by atoms with Gasteiger partial charge in [-0.25, -0.2) is 9.97 Å². The lowest BCUT2D eigenvalue weighted by Gasteiger charge is -2.14. The summed E-state index contributed by atoms with van der Waals surface area (Å²) in [5.41, 5.74) is 0.931. The molecule has 1 aromatic heterocycles. The van der Waals surface area contributed by atoms with E-state index in [0.29, 0.717) is 0 Å². The predicted octanol–water partition coefficient (Wildman–Crippen LogP) is 4.16. The van der Waals surface area contributed by atoms with Crippen LogP contribution >= 0.6 is 15.9 Å². The Morgan fingerprint density at radius 1 is 1.42 bits per heavy atom. The SMILES string of the molecule is CCC(C)Oc1cccc(Nc2ncncc2Br)c1. The summed E-state index contributed by atoms with van der Waals surface area (Å²) in [6.07, 6.45) is 4.40. The number of aromatic nitrogens is 2. The van der Waals surface area contributed by atoms with Crippen LogP contribution in [0.1, 0.15) is 20.3 Å². The van der Waals surface area contributed by atoms with Crippen LogP contribution < -0.4 is 10.1 Å². The molecular formula is C14H16BrN3O. The molecule has 0 aliphatic heterocycles. The molecular weight excluding hydrogens is 306 g/mol. The number of benzene rings is 1. The summed E-state index contributed by atoms with van der Waals surface area (Å²) in [4.78, 5) is 8.10. The van der Waals surface area contributed by atoms with Crippen LogP contribution in [0.4, 0.5) is 11.5 Å². The molecule has 0 amide bonds. The van der Waals surface area contributed by atoms with E-state index in [-0.39, 0.29) is 6.10 Å². The maximum Gasteiger partial charge on any atom is 0.148 e. The maximum atomic E-state index is 5.79. The van der Waals surface area contributed by atoms with Gasteiger partial charge in [-0.15, -0.1) is 0 Å². The van der Waals surface area contributed by atoms with Crippen LogP contribution in [0, 0.1) is 0 Å². The van der Waals surface area contributed by atoms with Crippen molar-refractivity contribution in [2.75, 3.05) is 5.32 Å². The molecule has 0 radical (unpaired) electrons. The minimum absolute atomic E-state index is 0.209. The third-order valence-corrected chi connectivity index (χ3v) is 3.26. The van der Waals surface area contributed by atoms with Gasteiger partial charge < -0.3 is 10.1 Å². The highest BCUT2D eigenvalue weighted by atomic mass is 79.9. The first-order valence-electron chi connectivity index (χ1n) is 6.18. The Bertz CT molecular complexity index is 548. The van der Waals surface area contributed by atoms with Crippen molar-refractivity contribution in [1.29, 1.82) is 0 Å². The van der Waals surface area contributed by atoms with Crippen molar-refractivity contribution in [2.45, 2.75) is 26.4 Å². The summed E-state index contributed by atoms with van der Waals surface area (Å²) in [5.74, 6) is 1.58. The van der Waals surface area contributed by atoms with Gasteiger partial charge in [0.1, 0.15) is 17.9 Å². The van der Waals surface area contributed by atoms with Gasteiger partial charge in [0.25, 0.3) is 0 Å². The first kappa shape index (κ1) is 13.8. The van der Waals surface area contributed by atoms with Gasteiger partial charge in [-0.05, 0) is 41.4 Å². The van der Waals surface area contributed by atoms with Crippen molar-refractivity contribution in [1.82, 2.24) is 9.97 Å². The lowest BCUT2D eigenvalue weighted by atomic mass is 10.2. The number of hydrogen-bond acceptors (Lipinski definition) is 4. The summed E-state index contributed by atoms with van der Waals surface area (Å²) >= 11 is 3.41. The van der Waals surface area contributed by atoms with Crippen molar-refractivity contribution in [3.8, 4) is 5.75 Å². The molecule has 0 spiro atoms. The topological polar surface area (TPSA) is 47.0 Å². The van der Waals surface area contributed by atoms with E-state index < -0.39 is 0 Å². The molecule has 5 heteroatoms. The molecule has 0 saturated carbocycles. The Morgan fingerprint density at radius 3 is 3.00 bits per heavy atom. The van der Waals surface area contributed by atoms with Crippen LogP contribution in [-0.4, -0.2) is 16.1 Å². The Morgan fingerprint density at radius 2 is 2.26 bits per heavy atom. The number of hydrogen-bond donors (Lipinski definition) is 1. The summed E-state index contributed by atoms with van der Waals surface area (Å²) in [5, 5.41) is 3.23. The summed E-state index contributed by atoms with van der Waals surface area (Å²) < 4.78 is 6.61. The van der Waals surface area contributed by atoms with Crippen LogP contribution in [0.3, 0.4) is 0 Å². The fourth-order valence-electron chi connectivity index (χ4n) is 1.50. The smallest absolute Gasteiger partial charge is 0.148 e. The second-order valence-electron chi connectivity index (χ2n) is 4.21. The van der Waals surface area contributed by atoms with E-state index in [2.05, 4.69) is 45.1 Å². The van der Waals surface area contributed by atoms with E-state index in [1.807, 2.05) is 24.3 Å². The molecule has 2 aromatic rings. The Balaban J connectivity index is 2.13. The Labute approximate surface area is 121 Å². The molecule has 1 N–H and O–H groups in total. The molecule has 0 saturated heterocycles. The minimum Gasteiger partial charge on any atom is -0.491 e. The molecule has 4 nitrogen and oxygen atoms in total. The quantitative estimate of drug-likeness (QED) is 0.898. The van der Waals surface area contributed by atoms with Crippen LogP contribution in [0.5, 0.6) is 5.75 Å². The summed E-state index contributed by atoms with van der Waals surface area (Å²) in [7, 11) is 0. The second-order valence-corrected chi connectivity index (χ2v) is 5.06. The van der Waals surface area contributed by atoms with E-state index in [4.69, 9.17) is 4.74 Å². The number of nitrogens with one attached hydrogen (secondary N) is 1. The Kier molecular flexibility index (Phi) is 4.74. The average molecular weight is 322 g/mol.